The second kappa shape index (κ2) is 13.2. The second-order valence-electron chi connectivity index (χ2n) is 6.51. The molecule has 1 amide bonds. The van der Waals surface area contributed by atoms with Gasteiger partial charge in [0.25, 0.3) is 0 Å². The maximum absolute atomic E-state index is 11.8. The monoisotopic (exact) mass is 328 g/mol. The van der Waals surface area contributed by atoms with Gasteiger partial charge in [0.05, 0.1) is 0 Å². The molecule has 0 bridgehead atoms. The molecule has 136 valence electrons. The van der Waals surface area contributed by atoms with E-state index in [1.807, 2.05) is 27.7 Å². The van der Waals surface area contributed by atoms with Gasteiger partial charge in [-0.15, -0.1) is 0 Å². The topological polar surface area (TPSA) is 74.8 Å². The zero-order valence-electron chi connectivity index (χ0n) is 15.6. The zero-order valence-corrected chi connectivity index (χ0v) is 15.6. The van der Waals surface area contributed by atoms with Crippen molar-refractivity contribution in [2.24, 2.45) is 10.4 Å². The van der Waals surface area contributed by atoms with Crippen LogP contribution in [-0.2, 0) is 9.53 Å². The molecule has 0 aromatic heterocycles. The van der Waals surface area contributed by atoms with Crippen LogP contribution >= 0.6 is 0 Å². The molecule has 0 saturated carbocycles. The van der Waals surface area contributed by atoms with Crippen LogP contribution in [0.4, 0.5) is 0 Å². The third-order valence-electron chi connectivity index (χ3n) is 3.09. The van der Waals surface area contributed by atoms with E-state index in [9.17, 15) is 4.79 Å². The second-order valence-corrected chi connectivity index (χ2v) is 6.51. The minimum absolute atomic E-state index is 0.0606. The summed E-state index contributed by atoms with van der Waals surface area (Å²) >= 11 is 0. The molecule has 0 unspecified atom stereocenters. The van der Waals surface area contributed by atoms with Gasteiger partial charge in [0.1, 0.15) is 0 Å². The maximum atomic E-state index is 11.8. The number of hydrogen-bond donors (Lipinski definition) is 3. The SMILES string of the molecule is CCCCOCCCN=C(NCC)NCCNC(=O)C(C)(C)C. The number of hydrogen-bond acceptors (Lipinski definition) is 3. The molecule has 0 heterocycles. The number of carbonyl (C=O) groups is 1. The fourth-order valence-corrected chi connectivity index (χ4v) is 1.67. The standard InChI is InChI=1S/C17H36N4O2/c1-6-8-13-23-14-9-10-20-16(18-7-2)21-12-11-19-15(22)17(3,4)5/h6-14H2,1-5H3,(H,19,22)(H2,18,20,21). The predicted molar refractivity (Wildman–Crippen MR) is 96.8 cm³/mol. The van der Waals surface area contributed by atoms with Gasteiger partial charge in [-0.05, 0) is 19.8 Å². The molecule has 0 radical (unpaired) electrons. The Kier molecular flexibility index (Phi) is 12.4. The van der Waals surface area contributed by atoms with E-state index >= 15 is 0 Å². The van der Waals surface area contributed by atoms with E-state index < -0.39 is 0 Å². The highest BCUT2D eigenvalue weighted by Crippen LogP contribution is 2.11. The molecule has 0 aromatic carbocycles. The van der Waals surface area contributed by atoms with Gasteiger partial charge >= 0.3 is 0 Å². The highest BCUT2D eigenvalue weighted by atomic mass is 16.5. The Labute approximate surface area is 141 Å². The fraction of sp³-hybridized carbons (Fsp3) is 0.882. The van der Waals surface area contributed by atoms with Gasteiger partial charge in [-0.3, -0.25) is 9.79 Å². The van der Waals surface area contributed by atoms with Gasteiger partial charge in [-0.2, -0.15) is 0 Å². The summed E-state index contributed by atoms with van der Waals surface area (Å²) in [6.45, 7) is 14.3. The molecule has 0 rings (SSSR count). The summed E-state index contributed by atoms with van der Waals surface area (Å²) in [4.78, 5) is 16.3. The molecule has 0 aliphatic heterocycles. The van der Waals surface area contributed by atoms with Crippen LogP contribution in [0.15, 0.2) is 4.99 Å². The molecule has 0 saturated heterocycles. The van der Waals surface area contributed by atoms with E-state index in [1.165, 1.54) is 6.42 Å². The van der Waals surface area contributed by atoms with Crippen molar-refractivity contribution in [1.29, 1.82) is 0 Å². The van der Waals surface area contributed by atoms with Crippen LogP contribution in [0, 0.1) is 5.41 Å². The molecule has 0 spiro atoms. The Morgan fingerprint density at radius 3 is 2.26 bits per heavy atom. The molecule has 6 heteroatoms. The van der Waals surface area contributed by atoms with Gasteiger partial charge in [-0.1, -0.05) is 34.1 Å². The predicted octanol–water partition coefficient (Wildman–Crippen LogP) is 1.91. The molecular formula is C17H36N4O2. The van der Waals surface area contributed by atoms with Crippen molar-refractivity contribution < 1.29 is 9.53 Å². The van der Waals surface area contributed by atoms with Crippen molar-refractivity contribution in [3.05, 3.63) is 0 Å². The van der Waals surface area contributed by atoms with Crippen molar-refractivity contribution in [2.45, 2.75) is 53.9 Å². The lowest BCUT2D eigenvalue weighted by Gasteiger charge is -2.18. The summed E-state index contributed by atoms with van der Waals surface area (Å²) in [5, 5.41) is 9.33. The van der Waals surface area contributed by atoms with Gasteiger partial charge in [0, 0.05) is 44.8 Å². The lowest BCUT2D eigenvalue weighted by atomic mass is 9.96. The van der Waals surface area contributed by atoms with E-state index in [0.717, 1.165) is 45.1 Å². The smallest absolute Gasteiger partial charge is 0.225 e. The summed E-state index contributed by atoms with van der Waals surface area (Å²) < 4.78 is 5.51. The van der Waals surface area contributed by atoms with E-state index in [4.69, 9.17) is 4.74 Å². The van der Waals surface area contributed by atoms with Crippen molar-refractivity contribution >= 4 is 11.9 Å². The lowest BCUT2D eigenvalue weighted by Crippen LogP contribution is -2.43. The van der Waals surface area contributed by atoms with Crippen LogP contribution in [-0.4, -0.2) is 51.3 Å². The molecular weight excluding hydrogens is 292 g/mol. The highest BCUT2D eigenvalue weighted by Gasteiger charge is 2.20. The largest absolute Gasteiger partial charge is 0.381 e. The van der Waals surface area contributed by atoms with Crippen molar-refractivity contribution in [3.63, 3.8) is 0 Å². The number of aliphatic imine (C=N–C) groups is 1. The average Bonchev–Trinajstić information content (AvgIpc) is 2.49. The Morgan fingerprint density at radius 2 is 1.65 bits per heavy atom. The maximum Gasteiger partial charge on any atom is 0.225 e. The Bertz CT molecular complexity index is 338. The van der Waals surface area contributed by atoms with Crippen molar-refractivity contribution in [2.75, 3.05) is 39.4 Å². The first kappa shape index (κ1) is 21.7. The first-order chi connectivity index (χ1) is 10.9. The number of rotatable bonds is 11. The van der Waals surface area contributed by atoms with Crippen LogP contribution in [0.25, 0.3) is 0 Å². The summed E-state index contributed by atoms with van der Waals surface area (Å²) in [5.41, 5.74) is -0.351. The fourth-order valence-electron chi connectivity index (χ4n) is 1.67. The molecule has 0 fully saturated rings. The number of guanidine groups is 1. The van der Waals surface area contributed by atoms with Crippen molar-refractivity contribution in [1.82, 2.24) is 16.0 Å². The van der Waals surface area contributed by atoms with Gasteiger partial charge in [-0.25, -0.2) is 0 Å². The number of nitrogens with one attached hydrogen (secondary N) is 3. The van der Waals surface area contributed by atoms with Crippen LogP contribution in [0.1, 0.15) is 53.9 Å². The first-order valence-corrected chi connectivity index (χ1v) is 8.80. The Balaban J connectivity index is 3.88. The molecule has 0 aliphatic carbocycles. The van der Waals surface area contributed by atoms with Gasteiger partial charge in [0.15, 0.2) is 5.96 Å². The molecule has 3 N–H and O–H groups in total. The number of unbranched alkanes of at least 4 members (excludes halogenated alkanes) is 1. The van der Waals surface area contributed by atoms with Crippen LogP contribution < -0.4 is 16.0 Å². The molecule has 6 nitrogen and oxygen atoms in total. The Hall–Kier alpha value is -1.30. The van der Waals surface area contributed by atoms with Gasteiger partial charge < -0.3 is 20.7 Å². The van der Waals surface area contributed by atoms with Crippen LogP contribution in [0.3, 0.4) is 0 Å². The van der Waals surface area contributed by atoms with E-state index in [1.54, 1.807) is 0 Å². The van der Waals surface area contributed by atoms with Crippen LogP contribution in [0.2, 0.25) is 0 Å². The minimum Gasteiger partial charge on any atom is -0.381 e. The van der Waals surface area contributed by atoms with Crippen LogP contribution in [0.5, 0.6) is 0 Å². The molecule has 0 aromatic rings. The third kappa shape index (κ3) is 12.9. The summed E-state index contributed by atoms with van der Waals surface area (Å²) in [7, 11) is 0. The van der Waals surface area contributed by atoms with E-state index in [0.29, 0.717) is 13.1 Å². The summed E-state index contributed by atoms with van der Waals surface area (Å²) in [6, 6.07) is 0. The summed E-state index contributed by atoms with van der Waals surface area (Å²) in [6.07, 6.45) is 3.20. The van der Waals surface area contributed by atoms with Gasteiger partial charge in [0.2, 0.25) is 5.91 Å². The third-order valence-corrected chi connectivity index (χ3v) is 3.09. The first-order valence-electron chi connectivity index (χ1n) is 8.80. The number of carbonyl (C=O) groups excluding carboxylic acids is 1. The molecule has 23 heavy (non-hydrogen) atoms. The molecule has 0 atom stereocenters. The van der Waals surface area contributed by atoms with Crippen molar-refractivity contribution in [3.8, 4) is 0 Å². The minimum atomic E-state index is -0.351. The highest BCUT2D eigenvalue weighted by molar-refractivity contribution is 5.81. The normalized spacial score (nSPS) is 12.1. The van der Waals surface area contributed by atoms with E-state index in [2.05, 4.69) is 27.9 Å². The summed E-state index contributed by atoms with van der Waals surface area (Å²) in [5.74, 6) is 0.844. The van der Waals surface area contributed by atoms with E-state index in [-0.39, 0.29) is 11.3 Å². The molecule has 0 aliphatic rings. The average molecular weight is 329 g/mol. The Morgan fingerprint density at radius 1 is 1.00 bits per heavy atom. The lowest BCUT2D eigenvalue weighted by molar-refractivity contribution is -0.128. The number of nitrogens with zero attached hydrogens (tertiary/aromatic N) is 1. The number of ether oxygens (including phenoxy) is 1. The zero-order chi connectivity index (χ0) is 17.6. The quantitative estimate of drug-likeness (QED) is 0.308. The number of amides is 1.